The lowest BCUT2D eigenvalue weighted by atomic mass is 10.1. The molecule has 4 heterocycles. The Morgan fingerprint density at radius 3 is 2.85 bits per heavy atom. The van der Waals surface area contributed by atoms with Crippen molar-refractivity contribution in [3.05, 3.63) is 79.4 Å². The zero-order valence-corrected chi connectivity index (χ0v) is 22.9. The molecule has 1 amide bonds. The molecule has 0 aliphatic carbocycles. The minimum atomic E-state index is -0.0696. The highest BCUT2D eigenvalue weighted by Crippen LogP contribution is 2.42. The Bertz CT molecular complexity index is 1830. The molecule has 1 fully saturated rings. The van der Waals surface area contributed by atoms with E-state index in [4.69, 9.17) is 9.47 Å². The first-order valence-corrected chi connectivity index (χ1v) is 13.5. The maximum atomic E-state index is 12.4. The van der Waals surface area contributed by atoms with Crippen LogP contribution in [0.1, 0.15) is 5.56 Å². The summed E-state index contributed by atoms with van der Waals surface area (Å²) in [4.78, 5) is 30.1. The van der Waals surface area contributed by atoms with Gasteiger partial charge in [-0.2, -0.15) is 0 Å². The topological polar surface area (TPSA) is 97.6 Å². The van der Waals surface area contributed by atoms with Crippen molar-refractivity contribution in [3.8, 4) is 17.2 Å². The van der Waals surface area contributed by atoms with Crippen LogP contribution in [0.4, 0.5) is 17.2 Å². The number of aryl methyl sites for hydroxylation is 2. The van der Waals surface area contributed by atoms with E-state index in [9.17, 15) is 4.79 Å². The smallest absolute Gasteiger partial charge is 0.246 e. The number of hydrogen-bond acceptors (Lipinski definition) is 8. The van der Waals surface area contributed by atoms with Crippen molar-refractivity contribution < 1.29 is 14.3 Å². The van der Waals surface area contributed by atoms with Gasteiger partial charge in [-0.3, -0.25) is 4.79 Å². The number of rotatable bonds is 5. The summed E-state index contributed by atoms with van der Waals surface area (Å²) in [6, 6.07) is 15.8. The molecule has 10 heteroatoms. The summed E-state index contributed by atoms with van der Waals surface area (Å²) in [5, 5.41) is 4.28. The van der Waals surface area contributed by atoms with Gasteiger partial charge in [0.25, 0.3) is 0 Å². The summed E-state index contributed by atoms with van der Waals surface area (Å²) in [6.07, 6.45) is 4.72. The molecule has 2 aliphatic rings. The second kappa shape index (κ2) is 9.81. The van der Waals surface area contributed by atoms with Crippen LogP contribution in [-0.4, -0.2) is 62.6 Å². The summed E-state index contributed by atoms with van der Waals surface area (Å²) in [6.45, 7) is 8.08. The Labute approximate surface area is 236 Å². The lowest BCUT2D eigenvalue weighted by molar-refractivity contribution is -0.129. The van der Waals surface area contributed by atoms with Gasteiger partial charge in [0.2, 0.25) is 5.91 Å². The molecule has 1 saturated heterocycles. The maximum Gasteiger partial charge on any atom is 0.246 e. The van der Waals surface area contributed by atoms with E-state index >= 15 is 0 Å². The zero-order chi connectivity index (χ0) is 28.1. The van der Waals surface area contributed by atoms with Crippen molar-refractivity contribution in [2.75, 3.05) is 36.5 Å². The number of piperazine rings is 1. The molecular weight excluding hydrogens is 518 g/mol. The number of benzene rings is 3. The van der Waals surface area contributed by atoms with Crippen LogP contribution in [0.25, 0.3) is 21.9 Å². The molecule has 3 aromatic carbocycles. The van der Waals surface area contributed by atoms with Gasteiger partial charge in [-0.25, -0.2) is 15.0 Å². The number of carbonyl (C=O) groups excluding carboxylic acids is 1. The van der Waals surface area contributed by atoms with Crippen molar-refractivity contribution in [2.45, 2.75) is 13.0 Å². The average molecular weight is 548 g/mol. The van der Waals surface area contributed by atoms with Crippen LogP contribution < -0.4 is 19.7 Å². The fourth-order valence-electron chi connectivity index (χ4n) is 5.69. The van der Waals surface area contributed by atoms with Gasteiger partial charge in [0, 0.05) is 38.4 Å². The van der Waals surface area contributed by atoms with Crippen molar-refractivity contribution >= 4 is 45.0 Å². The Balaban J connectivity index is 1.18. The van der Waals surface area contributed by atoms with Crippen LogP contribution in [0.15, 0.2) is 73.8 Å². The summed E-state index contributed by atoms with van der Waals surface area (Å²) < 4.78 is 14.6. The van der Waals surface area contributed by atoms with Crippen molar-refractivity contribution in [1.29, 1.82) is 0 Å². The molecule has 0 unspecified atom stereocenters. The van der Waals surface area contributed by atoms with Crippen molar-refractivity contribution in [3.63, 3.8) is 0 Å². The normalized spacial score (nSPS) is 16.2. The van der Waals surface area contributed by atoms with E-state index in [0.717, 1.165) is 56.1 Å². The molecule has 2 aromatic heterocycles. The minimum absolute atomic E-state index is 0.0636. The molecule has 206 valence electrons. The number of nitrogens with zero attached hydrogens (tertiary/aromatic N) is 6. The third kappa shape index (κ3) is 4.37. The Kier molecular flexibility index (Phi) is 5.96. The first-order chi connectivity index (χ1) is 20.0. The maximum absolute atomic E-state index is 12.4. The van der Waals surface area contributed by atoms with E-state index in [0.29, 0.717) is 32.1 Å². The highest BCUT2D eigenvalue weighted by atomic mass is 16.5. The molecule has 0 spiro atoms. The van der Waals surface area contributed by atoms with Crippen LogP contribution in [0.5, 0.6) is 17.2 Å². The van der Waals surface area contributed by atoms with E-state index in [1.54, 1.807) is 12.7 Å². The highest BCUT2D eigenvalue weighted by Gasteiger charge is 2.34. The van der Waals surface area contributed by atoms with Crippen LogP contribution in [-0.2, 0) is 11.8 Å². The number of anilines is 3. The lowest BCUT2D eigenvalue weighted by Gasteiger charge is -2.39. The number of hydrogen-bond donors (Lipinski definition) is 1. The van der Waals surface area contributed by atoms with Gasteiger partial charge < -0.3 is 29.2 Å². The summed E-state index contributed by atoms with van der Waals surface area (Å²) in [5.74, 6) is 2.80. The van der Waals surface area contributed by atoms with E-state index in [1.807, 2.05) is 72.0 Å². The van der Waals surface area contributed by atoms with Gasteiger partial charge in [-0.15, -0.1) is 0 Å². The molecule has 5 aromatic rings. The number of carbonyl (C=O) groups is 1. The van der Waals surface area contributed by atoms with Gasteiger partial charge in [0.1, 0.15) is 30.3 Å². The van der Waals surface area contributed by atoms with E-state index in [-0.39, 0.29) is 11.9 Å². The summed E-state index contributed by atoms with van der Waals surface area (Å²) >= 11 is 0. The monoisotopic (exact) mass is 547 g/mol. The molecule has 2 aliphatic heterocycles. The molecule has 41 heavy (non-hydrogen) atoms. The minimum Gasteiger partial charge on any atom is -0.488 e. The van der Waals surface area contributed by atoms with Gasteiger partial charge >= 0.3 is 0 Å². The van der Waals surface area contributed by atoms with Crippen LogP contribution in [0, 0.1) is 6.92 Å². The molecule has 0 saturated carbocycles. The van der Waals surface area contributed by atoms with Crippen LogP contribution in [0.2, 0.25) is 0 Å². The Morgan fingerprint density at radius 2 is 2.00 bits per heavy atom. The van der Waals surface area contributed by atoms with Crippen LogP contribution >= 0.6 is 0 Å². The third-order valence-electron chi connectivity index (χ3n) is 7.80. The van der Waals surface area contributed by atoms with Gasteiger partial charge in [-0.1, -0.05) is 6.58 Å². The second-order valence-corrected chi connectivity index (χ2v) is 10.4. The van der Waals surface area contributed by atoms with Gasteiger partial charge in [0.05, 0.1) is 40.0 Å². The first-order valence-electron chi connectivity index (χ1n) is 13.5. The number of nitrogens with one attached hydrogen (secondary N) is 1. The molecule has 2 bridgehead atoms. The Hall–Kier alpha value is -5.12. The Morgan fingerprint density at radius 1 is 1.10 bits per heavy atom. The predicted molar refractivity (Wildman–Crippen MR) is 158 cm³/mol. The summed E-state index contributed by atoms with van der Waals surface area (Å²) in [5.41, 5.74) is 5.53. The zero-order valence-electron chi connectivity index (χ0n) is 22.9. The lowest BCUT2D eigenvalue weighted by Crippen LogP contribution is -2.56. The number of amides is 1. The molecule has 10 nitrogen and oxygen atoms in total. The number of imidazole rings is 1. The van der Waals surface area contributed by atoms with E-state index in [2.05, 4.69) is 31.7 Å². The number of ether oxygens (including phenoxy) is 2. The molecular formula is C31H29N7O3. The SMILES string of the molecule is C=CC(=O)N1CCN2C[C@@H]1COc1c2ccc2ncnc(Nc3ccc(Oc4ccc5c(c4)ncn5C)c(C)c3)c12. The predicted octanol–water partition coefficient (Wildman–Crippen LogP) is 4.96. The first kappa shape index (κ1) is 24.9. The van der Waals surface area contributed by atoms with Crippen molar-refractivity contribution in [1.82, 2.24) is 24.4 Å². The van der Waals surface area contributed by atoms with Gasteiger partial charge in [0.15, 0.2) is 5.75 Å². The fourth-order valence-corrected chi connectivity index (χ4v) is 5.69. The number of fused-ring (bicyclic) bond motifs is 7. The van der Waals surface area contributed by atoms with E-state index in [1.165, 1.54) is 6.08 Å². The average Bonchev–Trinajstić information content (AvgIpc) is 3.29. The van der Waals surface area contributed by atoms with Crippen LogP contribution in [0.3, 0.4) is 0 Å². The summed E-state index contributed by atoms with van der Waals surface area (Å²) in [7, 11) is 1.97. The second-order valence-electron chi connectivity index (χ2n) is 10.4. The van der Waals surface area contributed by atoms with Gasteiger partial charge in [-0.05, 0) is 61.0 Å². The van der Waals surface area contributed by atoms with Crippen molar-refractivity contribution in [2.24, 2.45) is 7.05 Å². The molecule has 1 N–H and O–H groups in total. The molecule has 1 atom stereocenters. The quantitative estimate of drug-likeness (QED) is 0.309. The molecule has 7 rings (SSSR count). The van der Waals surface area contributed by atoms with E-state index < -0.39 is 0 Å². The molecule has 0 radical (unpaired) electrons. The number of aromatic nitrogens is 4. The third-order valence-corrected chi connectivity index (χ3v) is 7.80. The largest absolute Gasteiger partial charge is 0.488 e. The highest BCUT2D eigenvalue weighted by molar-refractivity contribution is 6.00. The standard InChI is InChI=1S/C31H29N7O3/c1-4-28(39)38-12-11-37-15-21(38)16-40-30-26(37)9-7-23-29(30)31(33-17-32-23)35-20-5-10-27(19(2)13-20)41-22-6-8-25-24(14-22)34-18-36(25)3/h4-10,13-14,17-18,21H,1,11-12,15-16H2,2-3H3,(H,32,33,35)/t21-/m1/s1. The fraction of sp³-hybridized carbons (Fsp3) is 0.226.